The van der Waals surface area contributed by atoms with E-state index in [9.17, 15) is 4.79 Å². The number of aromatic nitrogens is 1. The van der Waals surface area contributed by atoms with Crippen molar-refractivity contribution >= 4 is 17.5 Å². The molecule has 0 saturated carbocycles. The summed E-state index contributed by atoms with van der Waals surface area (Å²) in [6.45, 7) is 0. The highest BCUT2D eigenvalue weighted by molar-refractivity contribution is 6.30. The van der Waals surface area contributed by atoms with E-state index in [1.54, 1.807) is 18.2 Å². The van der Waals surface area contributed by atoms with E-state index in [0.717, 1.165) is 11.3 Å². The fourth-order valence-corrected chi connectivity index (χ4v) is 1.55. The van der Waals surface area contributed by atoms with Crippen LogP contribution < -0.4 is 5.73 Å². The zero-order valence-electron chi connectivity index (χ0n) is 8.35. The van der Waals surface area contributed by atoms with Crippen molar-refractivity contribution in [1.29, 1.82) is 0 Å². The minimum absolute atomic E-state index is 0.394. The number of nitrogens with two attached hydrogens (primary N) is 1. The number of hydrogen-bond donors (Lipinski definition) is 1. The van der Waals surface area contributed by atoms with Gasteiger partial charge in [0.15, 0.2) is 0 Å². The van der Waals surface area contributed by atoms with Crippen LogP contribution in [0.1, 0.15) is 10.4 Å². The van der Waals surface area contributed by atoms with Crippen LogP contribution >= 0.6 is 11.6 Å². The summed E-state index contributed by atoms with van der Waals surface area (Å²) in [6, 6.07) is 10.7. The zero-order chi connectivity index (χ0) is 11.5. The minimum atomic E-state index is -0.481. The number of carbonyl (C=O) groups is 1. The Bertz CT molecular complexity index is 523. The Kier molecular flexibility index (Phi) is 2.88. The van der Waals surface area contributed by atoms with Gasteiger partial charge < -0.3 is 5.73 Å². The van der Waals surface area contributed by atoms with Gasteiger partial charge in [0, 0.05) is 16.8 Å². The second-order valence-electron chi connectivity index (χ2n) is 3.31. The molecule has 0 aliphatic rings. The molecule has 2 aromatic rings. The van der Waals surface area contributed by atoms with Gasteiger partial charge in [-0.05, 0) is 24.3 Å². The summed E-state index contributed by atoms with van der Waals surface area (Å²) < 4.78 is 0. The average molecular weight is 233 g/mol. The summed E-state index contributed by atoms with van der Waals surface area (Å²) in [7, 11) is 0. The maximum atomic E-state index is 10.9. The van der Waals surface area contributed by atoms with Crippen LogP contribution in [0.4, 0.5) is 0 Å². The topological polar surface area (TPSA) is 56.0 Å². The first-order valence-electron chi connectivity index (χ1n) is 4.68. The summed E-state index contributed by atoms with van der Waals surface area (Å²) in [5.41, 5.74) is 7.18. The molecule has 1 aromatic carbocycles. The molecule has 0 bridgehead atoms. The number of hydrogen-bond acceptors (Lipinski definition) is 2. The highest BCUT2D eigenvalue weighted by atomic mass is 35.5. The van der Waals surface area contributed by atoms with E-state index < -0.39 is 5.91 Å². The first kappa shape index (κ1) is 10.6. The lowest BCUT2D eigenvalue weighted by Gasteiger charge is -2.01. The molecule has 0 spiro atoms. The van der Waals surface area contributed by atoms with E-state index in [0.29, 0.717) is 10.6 Å². The molecule has 2 rings (SSSR count). The van der Waals surface area contributed by atoms with Crippen LogP contribution in [0.2, 0.25) is 5.02 Å². The number of amides is 1. The lowest BCUT2D eigenvalue weighted by molar-refractivity contribution is 0.1000. The lowest BCUT2D eigenvalue weighted by atomic mass is 10.1. The van der Waals surface area contributed by atoms with Gasteiger partial charge in [-0.3, -0.25) is 9.78 Å². The summed E-state index contributed by atoms with van der Waals surface area (Å²) in [4.78, 5) is 15.0. The molecule has 0 radical (unpaired) electrons. The van der Waals surface area contributed by atoms with E-state index in [1.807, 2.05) is 18.2 Å². The predicted molar refractivity (Wildman–Crippen MR) is 63.2 cm³/mol. The fraction of sp³-hybridized carbons (Fsp3) is 0. The number of halogens is 1. The third kappa shape index (κ3) is 2.20. The minimum Gasteiger partial charge on any atom is -0.366 e. The molecule has 4 heteroatoms. The first-order chi connectivity index (χ1) is 7.66. The Hall–Kier alpha value is -1.87. The van der Waals surface area contributed by atoms with Crippen LogP contribution in [-0.2, 0) is 0 Å². The van der Waals surface area contributed by atoms with Crippen LogP contribution in [0.5, 0.6) is 0 Å². The van der Waals surface area contributed by atoms with Crippen molar-refractivity contribution in [3.05, 3.63) is 53.2 Å². The van der Waals surface area contributed by atoms with Gasteiger partial charge in [-0.2, -0.15) is 0 Å². The molecule has 0 unspecified atom stereocenters. The van der Waals surface area contributed by atoms with Gasteiger partial charge in [0.25, 0.3) is 0 Å². The van der Waals surface area contributed by atoms with Gasteiger partial charge in [0.2, 0.25) is 5.91 Å². The smallest absolute Gasteiger partial charge is 0.250 e. The molecule has 2 N–H and O–H groups in total. The largest absolute Gasteiger partial charge is 0.366 e. The average Bonchev–Trinajstić information content (AvgIpc) is 2.29. The summed E-state index contributed by atoms with van der Waals surface area (Å²) >= 11 is 5.87. The molecule has 80 valence electrons. The van der Waals surface area contributed by atoms with E-state index in [2.05, 4.69) is 4.98 Å². The maximum absolute atomic E-state index is 10.9. The molecule has 1 aromatic heterocycles. The molecule has 0 saturated heterocycles. The Labute approximate surface area is 97.9 Å². The summed E-state index contributed by atoms with van der Waals surface area (Å²) in [5.74, 6) is -0.481. The summed E-state index contributed by atoms with van der Waals surface area (Å²) in [5, 5.41) is 0.651. The van der Waals surface area contributed by atoms with E-state index in [-0.39, 0.29) is 0 Å². The van der Waals surface area contributed by atoms with Crippen molar-refractivity contribution in [1.82, 2.24) is 4.98 Å². The van der Waals surface area contributed by atoms with E-state index in [4.69, 9.17) is 17.3 Å². The van der Waals surface area contributed by atoms with Crippen LogP contribution in [0.3, 0.4) is 0 Å². The fourth-order valence-electron chi connectivity index (χ4n) is 1.36. The number of nitrogens with zero attached hydrogens (tertiary/aromatic N) is 1. The normalized spacial score (nSPS) is 10.1. The highest BCUT2D eigenvalue weighted by Gasteiger charge is 2.03. The quantitative estimate of drug-likeness (QED) is 0.865. The van der Waals surface area contributed by atoms with Crippen LogP contribution in [0, 0.1) is 0 Å². The molecule has 0 fully saturated rings. The van der Waals surface area contributed by atoms with Gasteiger partial charge in [-0.25, -0.2) is 0 Å². The third-order valence-corrected chi connectivity index (χ3v) is 2.40. The number of primary amides is 1. The molecule has 0 aliphatic carbocycles. The molecule has 16 heavy (non-hydrogen) atoms. The van der Waals surface area contributed by atoms with Gasteiger partial charge >= 0.3 is 0 Å². The number of benzene rings is 1. The summed E-state index contributed by atoms with van der Waals surface area (Å²) in [6.07, 6.45) is 1.46. The third-order valence-electron chi connectivity index (χ3n) is 2.17. The van der Waals surface area contributed by atoms with Gasteiger partial charge in [-0.1, -0.05) is 23.7 Å². The molecule has 1 heterocycles. The van der Waals surface area contributed by atoms with Crippen molar-refractivity contribution in [3.8, 4) is 11.3 Å². The van der Waals surface area contributed by atoms with Gasteiger partial charge in [0.1, 0.15) is 0 Å². The van der Waals surface area contributed by atoms with E-state index in [1.165, 1.54) is 6.20 Å². The Balaban J connectivity index is 2.38. The Morgan fingerprint density at radius 3 is 2.62 bits per heavy atom. The SMILES string of the molecule is NC(=O)c1ccc(-c2cccc(Cl)c2)nc1. The molecular weight excluding hydrogens is 224 g/mol. The molecule has 3 nitrogen and oxygen atoms in total. The highest BCUT2D eigenvalue weighted by Crippen LogP contribution is 2.20. The first-order valence-corrected chi connectivity index (χ1v) is 5.06. The van der Waals surface area contributed by atoms with Crippen molar-refractivity contribution in [2.45, 2.75) is 0 Å². The van der Waals surface area contributed by atoms with Crippen LogP contribution in [0.15, 0.2) is 42.6 Å². The monoisotopic (exact) mass is 232 g/mol. The lowest BCUT2D eigenvalue weighted by Crippen LogP contribution is -2.10. The van der Waals surface area contributed by atoms with Crippen molar-refractivity contribution < 1.29 is 4.79 Å². The number of carbonyl (C=O) groups excluding carboxylic acids is 1. The maximum Gasteiger partial charge on any atom is 0.250 e. The molecule has 1 amide bonds. The predicted octanol–water partition coefficient (Wildman–Crippen LogP) is 2.50. The van der Waals surface area contributed by atoms with Crippen molar-refractivity contribution in [3.63, 3.8) is 0 Å². The standard InChI is InChI=1S/C12H9ClN2O/c13-10-3-1-2-8(6-10)11-5-4-9(7-15-11)12(14)16/h1-7H,(H2,14,16). The molecule has 0 aliphatic heterocycles. The van der Waals surface area contributed by atoms with Crippen molar-refractivity contribution in [2.75, 3.05) is 0 Å². The molecular formula is C12H9ClN2O. The van der Waals surface area contributed by atoms with Crippen molar-refractivity contribution in [2.24, 2.45) is 5.73 Å². The van der Waals surface area contributed by atoms with Crippen LogP contribution in [-0.4, -0.2) is 10.9 Å². The zero-order valence-corrected chi connectivity index (χ0v) is 9.11. The second-order valence-corrected chi connectivity index (χ2v) is 3.74. The Morgan fingerprint density at radius 2 is 2.06 bits per heavy atom. The van der Waals surface area contributed by atoms with Gasteiger partial charge in [0.05, 0.1) is 11.3 Å². The molecule has 0 atom stereocenters. The second kappa shape index (κ2) is 4.33. The Morgan fingerprint density at radius 1 is 1.25 bits per heavy atom. The number of rotatable bonds is 2. The van der Waals surface area contributed by atoms with Gasteiger partial charge in [-0.15, -0.1) is 0 Å². The van der Waals surface area contributed by atoms with Crippen LogP contribution in [0.25, 0.3) is 11.3 Å². The van der Waals surface area contributed by atoms with E-state index >= 15 is 0 Å². The number of pyridine rings is 1.